The van der Waals surface area contributed by atoms with Gasteiger partial charge < -0.3 is 25.2 Å². The lowest BCUT2D eigenvalue weighted by Crippen LogP contribution is -2.49. The number of amides is 1. The number of carbonyl (C=O) groups is 1. The molecular weight excluding hydrogens is 478 g/mol. The maximum atomic E-state index is 14.9. The van der Waals surface area contributed by atoms with Crippen LogP contribution in [-0.2, 0) is 15.1 Å². The number of unbranched alkanes of at least 4 members (excludes halogenated alkanes) is 1. The van der Waals surface area contributed by atoms with Crippen LogP contribution in [0.1, 0.15) is 76.2 Å². The van der Waals surface area contributed by atoms with E-state index >= 15 is 0 Å². The zero-order chi connectivity index (χ0) is 26.8. The van der Waals surface area contributed by atoms with Gasteiger partial charge in [-0.1, -0.05) is 12.1 Å². The topological polar surface area (TPSA) is 82.0 Å². The summed E-state index contributed by atoms with van der Waals surface area (Å²) in [4.78, 5) is 15.3. The minimum atomic E-state index is -1.56. The fraction of sp³-hybridized carbons (Fsp3) is 0.759. The molecule has 1 saturated carbocycles. The lowest BCUT2D eigenvalue weighted by Gasteiger charge is -2.43. The molecular formula is C29H46F2N2O4. The normalized spacial score (nSPS) is 25.0. The van der Waals surface area contributed by atoms with Crippen LogP contribution in [0.4, 0.5) is 8.78 Å². The number of carbonyl (C=O) groups excluding carboxylic acids is 1. The van der Waals surface area contributed by atoms with Crippen molar-refractivity contribution in [3.8, 4) is 0 Å². The van der Waals surface area contributed by atoms with Crippen LogP contribution in [0.3, 0.4) is 0 Å². The van der Waals surface area contributed by atoms with Crippen LogP contribution in [-0.4, -0.2) is 67.5 Å². The van der Waals surface area contributed by atoms with Crippen molar-refractivity contribution in [2.45, 2.75) is 82.3 Å². The summed E-state index contributed by atoms with van der Waals surface area (Å²) in [6.07, 6.45) is 7.78. The molecule has 1 saturated heterocycles. The molecule has 3 rings (SSSR count). The highest BCUT2D eigenvalue weighted by Gasteiger charge is 2.43. The summed E-state index contributed by atoms with van der Waals surface area (Å²) in [7, 11) is 3.51. The highest BCUT2D eigenvalue weighted by atomic mass is 19.2. The number of ether oxygens (including phenoxy) is 1. The summed E-state index contributed by atoms with van der Waals surface area (Å²) in [5.41, 5.74) is -1.58. The molecule has 0 unspecified atom stereocenters. The van der Waals surface area contributed by atoms with Crippen molar-refractivity contribution in [2.24, 2.45) is 17.8 Å². The molecule has 1 heterocycles. The first-order valence-electron chi connectivity index (χ1n) is 14.0. The zero-order valence-corrected chi connectivity index (χ0v) is 22.6. The van der Waals surface area contributed by atoms with Crippen LogP contribution in [0, 0.1) is 29.4 Å². The Labute approximate surface area is 220 Å². The number of halogens is 2. The number of aliphatic hydroxyl groups is 2. The molecule has 0 spiro atoms. The third-order valence-corrected chi connectivity index (χ3v) is 8.46. The summed E-state index contributed by atoms with van der Waals surface area (Å²) < 4.78 is 34.2. The van der Waals surface area contributed by atoms with E-state index in [1.165, 1.54) is 12.1 Å². The Morgan fingerprint density at radius 2 is 1.97 bits per heavy atom. The Morgan fingerprint density at radius 1 is 1.22 bits per heavy atom. The average Bonchev–Trinajstić information content (AvgIpc) is 2.89. The summed E-state index contributed by atoms with van der Waals surface area (Å²) in [6.45, 7) is 2.23. The summed E-state index contributed by atoms with van der Waals surface area (Å²) in [5.74, 6) is -1.58. The number of hydrogen-bond donors (Lipinski definition) is 3. The van der Waals surface area contributed by atoms with Crippen molar-refractivity contribution in [3.05, 3.63) is 35.4 Å². The molecule has 37 heavy (non-hydrogen) atoms. The molecule has 6 nitrogen and oxygen atoms in total. The summed E-state index contributed by atoms with van der Waals surface area (Å²) in [6, 6.07) is 3.97. The lowest BCUT2D eigenvalue weighted by molar-refractivity contribution is -0.138. The quantitative estimate of drug-likeness (QED) is 0.334. The molecule has 3 atom stereocenters. The second-order valence-corrected chi connectivity index (χ2v) is 11.2. The zero-order valence-electron chi connectivity index (χ0n) is 22.6. The Bertz CT molecular complexity index is 849. The molecule has 1 aromatic carbocycles. The third kappa shape index (κ3) is 8.19. The van der Waals surface area contributed by atoms with Gasteiger partial charge in [0, 0.05) is 44.7 Å². The monoisotopic (exact) mass is 524 g/mol. The van der Waals surface area contributed by atoms with Crippen LogP contribution in [0.2, 0.25) is 0 Å². The van der Waals surface area contributed by atoms with Gasteiger partial charge in [0.25, 0.3) is 0 Å². The number of nitrogens with one attached hydrogen (secondary N) is 1. The van der Waals surface area contributed by atoms with E-state index in [2.05, 4.69) is 5.32 Å². The number of methoxy groups -OCH3 is 1. The number of benzene rings is 1. The highest BCUT2D eigenvalue weighted by molar-refractivity contribution is 5.76. The molecule has 2 fully saturated rings. The van der Waals surface area contributed by atoms with Crippen LogP contribution in [0.25, 0.3) is 0 Å². The minimum Gasteiger partial charge on any atom is -0.393 e. The maximum absolute atomic E-state index is 14.9. The Kier molecular flexibility index (Phi) is 11.7. The van der Waals surface area contributed by atoms with Gasteiger partial charge in [0.1, 0.15) is 0 Å². The van der Waals surface area contributed by atoms with Crippen LogP contribution >= 0.6 is 0 Å². The number of rotatable bonds is 13. The second kappa shape index (κ2) is 14.5. The van der Waals surface area contributed by atoms with Gasteiger partial charge in [-0.3, -0.25) is 4.79 Å². The third-order valence-electron chi connectivity index (χ3n) is 8.46. The first kappa shape index (κ1) is 29.9. The fourth-order valence-electron chi connectivity index (χ4n) is 6.39. The highest BCUT2D eigenvalue weighted by Crippen LogP contribution is 2.41. The maximum Gasteiger partial charge on any atom is 0.222 e. The minimum absolute atomic E-state index is 0.0169. The average molecular weight is 525 g/mol. The molecule has 210 valence electrons. The Balaban J connectivity index is 1.70. The molecule has 2 aliphatic rings. The van der Waals surface area contributed by atoms with Crippen molar-refractivity contribution >= 4 is 5.91 Å². The largest absolute Gasteiger partial charge is 0.393 e. The van der Waals surface area contributed by atoms with Crippen molar-refractivity contribution < 1.29 is 28.5 Å². The van der Waals surface area contributed by atoms with Gasteiger partial charge in [-0.2, -0.15) is 0 Å². The summed E-state index contributed by atoms with van der Waals surface area (Å²) >= 11 is 0. The molecule has 1 aliphatic heterocycles. The SMILES string of the molecule is CNC[C@@H](CC(=O)N1CCC[C@@H]([C@@](O)(CCCCOC)c2cccc(F)c2F)C1)CC1CCC(O)CC1. The number of hydrogen-bond acceptors (Lipinski definition) is 5. The fourth-order valence-corrected chi connectivity index (χ4v) is 6.39. The van der Waals surface area contributed by atoms with Gasteiger partial charge in [-0.05, 0) is 95.7 Å². The van der Waals surface area contributed by atoms with Gasteiger partial charge in [0.15, 0.2) is 11.6 Å². The van der Waals surface area contributed by atoms with Crippen LogP contribution < -0.4 is 5.32 Å². The van der Waals surface area contributed by atoms with E-state index in [1.54, 1.807) is 7.11 Å². The molecule has 8 heteroatoms. The van der Waals surface area contributed by atoms with Gasteiger partial charge in [-0.25, -0.2) is 8.78 Å². The standard InChI is InChI=1S/C29H46F2N2O4/c1-32-19-22(17-21-10-12-24(34)13-11-21)18-27(35)33-15-6-7-23(20-33)29(36,14-3-4-16-37-2)25-8-5-9-26(30)28(25)31/h5,8-9,21-24,32,34,36H,3-4,6-7,10-20H2,1-2H3/t21?,22-,23-,24?,29+/m1/s1. The Hall–Kier alpha value is -1.61. The molecule has 0 bridgehead atoms. The van der Waals surface area contributed by atoms with E-state index < -0.39 is 17.2 Å². The predicted octanol–water partition coefficient (Wildman–Crippen LogP) is 4.37. The van der Waals surface area contributed by atoms with Crippen molar-refractivity contribution in [1.82, 2.24) is 10.2 Å². The van der Waals surface area contributed by atoms with E-state index in [4.69, 9.17) is 4.74 Å². The van der Waals surface area contributed by atoms with Gasteiger partial charge >= 0.3 is 0 Å². The van der Waals surface area contributed by atoms with E-state index in [9.17, 15) is 23.8 Å². The van der Waals surface area contributed by atoms with Gasteiger partial charge in [-0.15, -0.1) is 0 Å². The predicted molar refractivity (Wildman–Crippen MR) is 140 cm³/mol. The summed E-state index contributed by atoms with van der Waals surface area (Å²) in [5, 5.41) is 24.9. The van der Waals surface area contributed by atoms with E-state index in [0.717, 1.165) is 44.7 Å². The smallest absolute Gasteiger partial charge is 0.222 e. The molecule has 1 aromatic rings. The molecule has 1 aliphatic carbocycles. The lowest BCUT2D eigenvalue weighted by atomic mass is 9.73. The molecule has 0 radical (unpaired) electrons. The van der Waals surface area contributed by atoms with Crippen LogP contribution in [0.5, 0.6) is 0 Å². The van der Waals surface area contributed by atoms with Crippen molar-refractivity contribution in [3.63, 3.8) is 0 Å². The van der Waals surface area contributed by atoms with E-state index in [0.29, 0.717) is 57.7 Å². The molecule has 1 amide bonds. The number of nitrogens with zero attached hydrogens (tertiary/aromatic N) is 1. The van der Waals surface area contributed by atoms with Crippen molar-refractivity contribution in [2.75, 3.05) is 40.4 Å². The second-order valence-electron chi connectivity index (χ2n) is 11.2. The first-order chi connectivity index (χ1) is 17.8. The van der Waals surface area contributed by atoms with Gasteiger partial charge in [0.05, 0.1) is 11.7 Å². The molecule has 0 aromatic heterocycles. The Morgan fingerprint density at radius 3 is 2.68 bits per heavy atom. The first-order valence-corrected chi connectivity index (χ1v) is 14.0. The number of piperidine rings is 1. The van der Waals surface area contributed by atoms with Crippen LogP contribution in [0.15, 0.2) is 18.2 Å². The number of likely N-dealkylation sites (tertiary alicyclic amines) is 1. The van der Waals surface area contributed by atoms with Crippen molar-refractivity contribution in [1.29, 1.82) is 0 Å². The number of aliphatic hydroxyl groups excluding tert-OH is 1. The molecule has 3 N–H and O–H groups in total. The van der Waals surface area contributed by atoms with E-state index in [-0.39, 0.29) is 35.8 Å². The van der Waals surface area contributed by atoms with E-state index in [1.807, 2.05) is 11.9 Å². The van der Waals surface area contributed by atoms with Gasteiger partial charge in [0.2, 0.25) is 5.91 Å².